The maximum Gasteiger partial charge on any atom is 0.151 e. The minimum Gasteiger partial charge on any atom is -0.322 e. The van der Waals surface area contributed by atoms with Crippen molar-refractivity contribution in [1.82, 2.24) is 9.55 Å². The number of halogens is 2. The molecule has 0 aliphatic rings. The molecular weight excluding hydrogens is 287 g/mol. The summed E-state index contributed by atoms with van der Waals surface area (Å²) in [5.74, 6) is 0.384. The average molecular weight is 303 g/mol. The fourth-order valence-corrected chi connectivity index (χ4v) is 2.73. The Balaban J connectivity index is 2.19. The molecule has 1 atom stereocenters. The lowest BCUT2D eigenvalue weighted by Gasteiger charge is -2.12. The molecule has 21 heavy (non-hydrogen) atoms. The fourth-order valence-electron chi connectivity index (χ4n) is 2.56. The third-order valence-electron chi connectivity index (χ3n) is 3.70. The van der Waals surface area contributed by atoms with Gasteiger partial charge >= 0.3 is 0 Å². The number of nitrogens with zero attached hydrogens (tertiary/aromatic N) is 2. The van der Waals surface area contributed by atoms with Crippen molar-refractivity contribution < 1.29 is 4.39 Å². The van der Waals surface area contributed by atoms with E-state index in [1.807, 2.05) is 29.7 Å². The first-order valence-electron chi connectivity index (χ1n) is 6.91. The van der Waals surface area contributed by atoms with Gasteiger partial charge in [0.15, 0.2) is 5.82 Å². The molecule has 0 spiro atoms. The largest absolute Gasteiger partial charge is 0.322 e. The number of imidazole rings is 1. The number of aryl methyl sites for hydroxylation is 1. The summed E-state index contributed by atoms with van der Waals surface area (Å²) in [7, 11) is 0. The first-order chi connectivity index (χ1) is 10.1. The Labute approximate surface area is 128 Å². The van der Waals surface area contributed by atoms with Gasteiger partial charge < -0.3 is 4.57 Å². The smallest absolute Gasteiger partial charge is 0.151 e. The first-order valence-corrected chi connectivity index (χ1v) is 7.35. The van der Waals surface area contributed by atoms with Crippen LogP contribution in [-0.4, -0.2) is 9.55 Å². The quantitative estimate of drug-likeness (QED) is 0.634. The lowest BCUT2D eigenvalue weighted by atomic mass is 10.1. The van der Waals surface area contributed by atoms with Crippen LogP contribution in [0.3, 0.4) is 0 Å². The summed E-state index contributed by atoms with van der Waals surface area (Å²) in [6.45, 7) is 4.56. The second-order valence-electron chi connectivity index (χ2n) is 5.21. The molecule has 0 saturated heterocycles. The van der Waals surface area contributed by atoms with E-state index in [0.29, 0.717) is 17.9 Å². The summed E-state index contributed by atoms with van der Waals surface area (Å²) in [5.41, 5.74) is 3.54. The topological polar surface area (TPSA) is 17.8 Å². The maximum atomic E-state index is 13.9. The number of aromatic nitrogens is 2. The zero-order valence-electron chi connectivity index (χ0n) is 12.0. The second kappa shape index (κ2) is 5.49. The highest BCUT2D eigenvalue weighted by molar-refractivity contribution is 6.20. The zero-order valence-corrected chi connectivity index (χ0v) is 12.7. The van der Waals surface area contributed by atoms with Crippen molar-refractivity contribution in [2.24, 2.45) is 0 Å². The molecule has 108 valence electrons. The molecule has 1 unspecified atom stereocenters. The van der Waals surface area contributed by atoms with E-state index in [-0.39, 0.29) is 11.2 Å². The van der Waals surface area contributed by atoms with Crippen molar-refractivity contribution in [2.45, 2.75) is 25.8 Å². The average Bonchev–Trinajstić information content (AvgIpc) is 2.82. The summed E-state index contributed by atoms with van der Waals surface area (Å²) in [6, 6.07) is 13.2. The summed E-state index contributed by atoms with van der Waals surface area (Å²) >= 11 is 6.23. The predicted molar refractivity (Wildman–Crippen MR) is 84.2 cm³/mol. The molecule has 0 radical (unpaired) electrons. The Morgan fingerprint density at radius 3 is 2.67 bits per heavy atom. The molecule has 0 N–H and O–H groups in total. The normalized spacial score (nSPS) is 12.8. The van der Waals surface area contributed by atoms with Crippen LogP contribution in [0, 0.1) is 12.7 Å². The number of benzene rings is 2. The highest BCUT2D eigenvalue weighted by atomic mass is 35.5. The molecule has 0 amide bonds. The molecule has 4 heteroatoms. The Morgan fingerprint density at radius 2 is 1.95 bits per heavy atom. The van der Waals surface area contributed by atoms with Gasteiger partial charge in [-0.2, -0.15) is 0 Å². The Kier molecular flexibility index (Phi) is 3.68. The van der Waals surface area contributed by atoms with E-state index in [9.17, 15) is 4.39 Å². The van der Waals surface area contributed by atoms with E-state index >= 15 is 0 Å². The summed E-state index contributed by atoms with van der Waals surface area (Å²) in [4.78, 5) is 4.39. The minimum atomic E-state index is -0.311. The van der Waals surface area contributed by atoms with Gasteiger partial charge in [-0.15, -0.1) is 11.6 Å². The predicted octanol–water partition coefficient (Wildman–Crippen LogP) is 4.83. The van der Waals surface area contributed by atoms with Crippen LogP contribution in [0.5, 0.6) is 0 Å². The van der Waals surface area contributed by atoms with E-state index in [2.05, 4.69) is 24.0 Å². The number of para-hydroxylation sites is 1. The number of hydrogen-bond acceptors (Lipinski definition) is 1. The van der Waals surface area contributed by atoms with Gasteiger partial charge in [-0.05, 0) is 37.1 Å². The molecule has 3 aromatic rings. The van der Waals surface area contributed by atoms with Crippen molar-refractivity contribution in [3.63, 3.8) is 0 Å². The van der Waals surface area contributed by atoms with E-state index in [4.69, 9.17) is 11.6 Å². The van der Waals surface area contributed by atoms with Gasteiger partial charge in [-0.3, -0.25) is 0 Å². The van der Waals surface area contributed by atoms with E-state index in [1.54, 1.807) is 6.07 Å². The molecule has 1 aromatic heterocycles. The van der Waals surface area contributed by atoms with Gasteiger partial charge in [0.25, 0.3) is 0 Å². The van der Waals surface area contributed by atoms with Gasteiger partial charge in [0.05, 0.1) is 10.9 Å². The van der Waals surface area contributed by atoms with Gasteiger partial charge in [0, 0.05) is 6.54 Å². The van der Waals surface area contributed by atoms with Crippen molar-refractivity contribution in [3.8, 4) is 0 Å². The minimum absolute atomic E-state index is 0.277. The van der Waals surface area contributed by atoms with Gasteiger partial charge in [-0.25, -0.2) is 9.37 Å². The number of alkyl halides is 1. The third kappa shape index (κ3) is 2.54. The first kappa shape index (κ1) is 14.1. The highest BCUT2D eigenvalue weighted by Gasteiger charge is 2.17. The van der Waals surface area contributed by atoms with Crippen LogP contribution < -0.4 is 0 Å². The molecule has 0 aliphatic heterocycles. The van der Waals surface area contributed by atoms with Crippen LogP contribution in [-0.2, 0) is 6.54 Å². The molecule has 2 aromatic carbocycles. The maximum absolute atomic E-state index is 13.9. The van der Waals surface area contributed by atoms with Crippen LogP contribution in [0.2, 0.25) is 0 Å². The monoisotopic (exact) mass is 302 g/mol. The van der Waals surface area contributed by atoms with Gasteiger partial charge in [0.2, 0.25) is 0 Å². The third-order valence-corrected chi connectivity index (χ3v) is 3.90. The SMILES string of the molecule is Cc1ccccc1Cn1c(C(C)Cl)nc2c(F)cccc21. The molecule has 1 heterocycles. The van der Waals surface area contributed by atoms with E-state index in [0.717, 1.165) is 5.52 Å². The van der Waals surface area contributed by atoms with Crippen LogP contribution in [0.25, 0.3) is 11.0 Å². The van der Waals surface area contributed by atoms with Crippen LogP contribution in [0.15, 0.2) is 42.5 Å². The molecule has 0 bridgehead atoms. The van der Waals surface area contributed by atoms with Crippen molar-refractivity contribution in [2.75, 3.05) is 0 Å². The Morgan fingerprint density at radius 1 is 1.19 bits per heavy atom. The Bertz CT molecular complexity index is 793. The molecular formula is C17H16ClFN2. The molecule has 3 rings (SSSR count). The van der Waals surface area contributed by atoms with Crippen molar-refractivity contribution in [3.05, 3.63) is 65.2 Å². The zero-order chi connectivity index (χ0) is 15.0. The molecule has 2 nitrogen and oxygen atoms in total. The lowest BCUT2D eigenvalue weighted by molar-refractivity contribution is 0.637. The lowest BCUT2D eigenvalue weighted by Crippen LogP contribution is -2.06. The summed E-state index contributed by atoms with van der Waals surface area (Å²) < 4.78 is 15.9. The van der Waals surface area contributed by atoms with Crippen LogP contribution in [0.4, 0.5) is 4.39 Å². The highest BCUT2D eigenvalue weighted by Crippen LogP contribution is 2.27. The summed E-state index contributed by atoms with van der Waals surface area (Å²) in [5, 5.41) is -0.277. The number of hydrogen-bond donors (Lipinski definition) is 0. The fraction of sp³-hybridized carbons (Fsp3) is 0.235. The standard InChI is InChI=1S/C17H16ClFN2/c1-11-6-3-4-7-13(11)10-21-15-9-5-8-14(19)16(15)20-17(21)12(2)18/h3-9,12H,10H2,1-2H3. The van der Waals surface area contributed by atoms with E-state index in [1.165, 1.54) is 17.2 Å². The molecule has 0 fully saturated rings. The summed E-state index contributed by atoms with van der Waals surface area (Å²) in [6.07, 6.45) is 0. The van der Waals surface area contributed by atoms with Crippen LogP contribution in [0.1, 0.15) is 29.3 Å². The van der Waals surface area contributed by atoms with Crippen LogP contribution >= 0.6 is 11.6 Å². The van der Waals surface area contributed by atoms with Gasteiger partial charge in [0.1, 0.15) is 11.3 Å². The van der Waals surface area contributed by atoms with E-state index < -0.39 is 0 Å². The number of fused-ring (bicyclic) bond motifs is 1. The van der Waals surface area contributed by atoms with Crippen molar-refractivity contribution in [1.29, 1.82) is 0 Å². The number of rotatable bonds is 3. The second-order valence-corrected chi connectivity index (χ2v) is 5.86. The van der Waals surface area contributed by atoms with Crippen molar-refractivity contribution >= 4 is 22.6 Å². The molecule has 0 saturated carbocycles. The van der Waals surface area contributed by atoms with Gasteiger partial charge in [-0.1, -0.05) is 30.3 Å². The molecule has 0 aliphatic carbocycles. The Hall–Kier alpha value is -1.87.